The van der Waals surface area contributed by atoms with Crippen LogP contribution in [0.15, 0.2) is 47.4 Å². The van der Waals surface area contributed by atoms with Crippen molar-refractivity contribution in [2.75, 3.05) is 12.4 Å². The van der Waals surface area contributed by atoms with E-state index in [0.29, 0.717) is 24.3 Å². The quantitative estimate of drug-likeness (QED) is 0.658. The first-order chi connectivity index (χ1) is 14.4. The highest BCUT2D eigenvalue weighted by molar-refractivity contribution is 7.89. The molecule has 0 radical (unpaired) electrons. The summed E-state index contributed by atoms with van der Waals surface area (Å²) in [5.74, 6) is 0.503. The Morgan fingerprint density at radius 1 is 1.07 bits per heavy atom. The lowest BCUT2D eigenvalue weighted by Crippen LogP contribution is -2.36. The van der Waals surface area contributed by atoms with E-state index >= 15 is 0 Å². The van der Waals surface area contributed by atoms with Crippen molar-refractivity contribution in [1.29, 1.82) is 0 Å². The van der Waals surface area contributed by atoms with Crippen molar-refractivity contribution in [1.82, 2.24) is 4.72 Å². The molecule has 0 aromatic heterocycles. The summed E-state index contributed by atoms with van der Waals surface area (Å²) in [4.78, 5) is 12.6. The molecule has 1 fully saturated rings. The fraction of sp³-hybridized carbons (Fsp3) is 0.435. The number of anilines is 1. The maximum absolute atomic E-state index is 12.6. The largest absolute Gasteiger partial charge is 0.495 e. The first-order valence-electron chi connectivity index (χ1n) is 10.4. The number of rotatable bonds is 8. The zero-order valence-electron chi connectivity index (χ0n) is 17.6. The Morgan fingerprint density at radius 3 is 2.43 bits per heavy atom. The third-order valence-corrected chi connectivity index (χ3v) is 6.97. The fourth-order valence-corrected chi connectivity index (χ4v) is 5.04. The van der Waals surface area contributed by atoms with Crippen molar-refractivity contribution in [3.05, 3.63) is 53.6 Å². The summed E-state index contributed by atoms with van der Waals surface area (Å²) >= 11 is 0. The van der Waals surface area contributed by atoms with Gasteiger partial charge < -0.3 is 10.1 Å². The summed E-state index contributed by atoms with van der Waals surface area (Å²) in [6.07, 6.45) is 5.94. The van der Waals surface area contributed by atoms with Gasteiger partial charge in [0.2, 0.25) is 15.9 Å². The highest BCUT2D eigenvalue weighted by atomic mass is 32.2. The Labute approximate surface area is 179 Å². The van der Waals surface area contributed by atoms with E-state index in [4.69, 9.17) is 4.74 Å². The SMILES string of the molecule is COc1ccc(C)cc1NC(=O)CCc1ccc(S(=O)(=O)NC2CCCCC2)cc1. The number of benzene rings is 2. The van der Waals surface area contributed by atoms with Crippen LogP contribution in [0.2, 0.25) is 0 Å². The Morgan fingerprint density at radius 2 is 1.77 bits per heavy atom. The van der Waals surface area contributed by atoms with Gasteiger partial charge in [-0.3, -0.25) is 4.79 Å². The first kappa shape index (κ1) is 22.3. The number of ether oxygens (including phenoxy) is 1. The van der Waals surface area contributed by atoms with E-state index in [-0.39, 0.29) is 16.8 Å². The Balaban J connectivity index is 1.55. The molecule has 3 rings (SSSR count). The monoisotopic (exact) mass is 430 g/mol. The smallest absolute Gasteiger partial charge is 0.240 e. The number of methoxy groups -OCH3 is 1. The number of hydrogen-bond acceptors (Lipinski definition) is 4. The van der Waals surface area contributed by atoms with Gasteiger partial charge in [-0.2, -0.15) is 0 Å². The third kappa shape index (κ3) is 6.06. The normalized spacial score (nSPS) is 15.0. The minimum absolute atomic E-state index is 0.0331. The van der Waals surface area contributed by atoms with E-state index in [0.717, 1.165) is 36.8 Å². The summed E-state index contributed by atoms with van der Waals surface area (Å²) < 4.78 is 33.3. The van der Waals surface area contributed by atoms with E-state index in [1.807, 2.05) is 25.1 Å². The minimum atomic E-state index is -3.50. The van der Waals surface area contributed by atoms with Crippen molar-refractivity contribution in [3.8, 4) is 5.75 Å². The second-order valence-corrected chi connectivity index (χ2v) is 9.57. The minimum Gasteiger partial charge on any atom is -0.495 e. The van der Waals surface area contributed by atoms with Gasteiger partial charge in [0.05, 0.1) is 17.7 Å². The van der Waals surface area contributed by atoms with Crippen LogP contribution in [-0.4, -0.2) is 27.5 Å². The lowest BCUT2D eigenvalue weighted by molar-refractivity contribution is -0.116. The van der Waals surface area contributed by atoms with Gasteiger partial charge in [0, 0.05) is 12.5 Å². The molecular weight excluding hydrogens is 400 g/mol. The lowest BCUT2D eigenvalue weighted by atomic mass is 9.96. The summed E-state index contributed by atoms with van der Waals surface area (Å²) in [5.41, 5.74) is 2.60. The van der Waals surface area contributed by atoms with Crippen LogP contribution in [0.1, 0.15) is 49.7 Å². The predicted octanol–water partition coefficient (Wildman–Crippen LogP) is 4.19. The molecule has 1 amide bonds. The molecule has 2 N–H and O–H groups in total. The van der Waals surface area contributed by atoms with Crippen molar-refractivity contribution < 1.29 is 17.9 Å². The molecule has 2 aromatic rings. The number of nitrogens with one attached hydrogen (secondary N) is 2. The van der Waals surface area contributed by atoms with E-state index in [2.05, 4.69) is 10.0 Å². The molecule has 2 aromatic carbocycles. The van der Waals surface area contributed by atoms with Crippen LogP contribution in [0.3, 0.4) is 0 Å². The van der Waals surface area contributed by atoms with Crippen molar-refractivity contribution in [2.24, 2.45) is 0 Å². The van der Waals surface area contributed by atoms with Crippen LogP contribution in [0, 0.1) is 6.92 Å². The number of carbonyl (C=O) groups is 1. The molecule has 1 aliphatic rings. The molecule has 0 heterocycles. The van der Waals surface area contributed by atoms with Crippen molar-refractivity contribution in [3.63, 3.8) is 0 Å². The van der Waals surface area contributed by atoms with Gasteiger partial charge in [-0.05, 0) is 61.6 Å². The van der Waals surface area contributed by atoms with Crippen LogP contribution >= 0.6 is 0 Å². The summed E-state index contributed by atoms with van der Waals surface area (Å²) in [5, 5.41) is 2.88. The van der Waals surface area contributed by atoms with Gasteiger partial charge in [-0.1, -0.05) is 37.5 Å². The summed E-state index contributed by atoms with van der Waals surface area (Å²) in [6.45, 7) is 1.95. The number of hydrogen-bond donors (Lipinski definition) is 2. The average Bonchev–Trinajstić information content (AvgIpc) is 2.73. The van der Waals surface area contributed by atoms with Crippen LogP contribution in [0.25, 0.3) is 0 Å². The standard InChI is InChI=1S/C23H30N2O4S/c1-17-8-14-22(29-2)21(16-17)24-23(26)15-11-18-9-12-20(13-10-18)30(27,28)25-19-6-4-3-5-7-19/h8-10,12-14,16,19,25H,3-7,11,15H2,1-2H3,(H,24,26). The fourth-order valence-electron chi connectivity index (χ4n) is 3.73. The first-order valence-corrected chi connectivity index (χ1v) is 11.9. The van der Waals surface area contributed by atoms with E-state index in [9.17, 15) is 13.2 Å². The van der Waals surface area contributed by atoms with Gasteiger partial charge in [0.15, 0.2) is 0 Å². The molecule has 0 saturated heterocycles. The molecule has 0 unspecified atom stereocenters. The number of aryl methyl sites for hydroxylation is 2. The van der Waals surface area contributed by atoms with Gasteiger partial charge in [-0.25, -0.2) is 13.1 Å². The Kier molecular flexibility index (Phi) is 7.50. The molecule has 1 saturated carbocycles. The molecule has 1 aliphatic carbocycles. The molecule has 30 heavy (non-hydrogen) atoms. The second-order valence-electron chi connectivity index (χ2n) is 7.85. The molecule has 7 heteroatoms. The van der Waals surface area contributed by atoms with Gasteiger partial charge in [-0.15, -0.1) is 0 Å². The number of carbonyl (C=O) groups excluding carboxylic acids is 1. The highest BCUT2D eigenvalue weighted by Crippen LogP contribution is 2.25. The van der Waals surface area contributed by atoms with E-state index in [1.54, 1.807) is 31.4 Å². The maximum atomic E-state index is 12.6. The number of sulfonamides is 1. The molecular formula is C23H30N2O4S. The Bertz CT molecular complexity index is 965. The van der Waals surface area contributed by atoms with Gasteiger partial charge >= 0.3 is 0 Å². The molecule has 0 aliphatic heterocycles. The molecule has 0 bridgehead atoms. The summed E-state index contributed by atoms with van der Waals surface area (Å²) in [7, 11) is -1.94. The lowest BCUT2D eigenvalue weighted by Gasteiger charge is -2.22. The van der Waals surface area contributed by atoms with Crippen LogP contribution < -0.4 is 14.8 Å². The highest BCUT2D eigenvalue weighted by Gasteiger charge is 2.21. The maximum Gasteiger partial charge on any atom is 0.240 e. The van der Waals surface area contributed by atoms with Crippen LogP contribution in [0.5, 0.6) is 5.75 Å². The van der Waals surface area contributed by atoms with E-state index in [1.165, 1.54) is 6.42 Å². The summed E-state index contributed by atoms with van der Waals surface area (Å²) in [6, 6.07) is 12.4. The number of amides is 1. The van der Waals surface area contributed by atoms with Gasteiger partial charge in [0.25, 0.3) is 0 Å². The molecule has 0 spiro atoms. The third-order valence-electron chi connectivity index (χ3n) is 5.43. The molecule has 0 atom stereocenters. The predicted molar refractivity (Wildman–Crippen MR) is 118 cm³/mol. The Hall–Kier alpha value is -2.38. The molecule has 162 valence electrons. The van der Waals surface area contributed by atoms with Crippen LogP contribution in [-0.2, 0) is 21.2 Å². The van der Waals surface area contributed by atoms with Gasteiger partial charge in [0.1, 0.15) is 5.75 Å². The zero-order chi connectivity index (χ0) is 21.6. The zero-order valence-corrected chi connectivity index (χ0v) is 18.4. The van der Waals surface area contributed by atoms with Crippen molar-refractivity contribution in [2.45, 2.75) is 62.8 Å². The van der Waals surface area contributed by atoms with Crippen molar-refractivity contribution >= 4 is 21.6 Å². The second kappa shape index (κ2) is 10.1. The van der Waals surface area contributed by atoms with Crippen LogP contribution in [0.4, 0.5) is 5.69 Å². The average molecular weight is 431 g/mol. The molecule has 6 nitrogen and oxygen atoms in total. The topological polar surface area (TPSA) is 84.5 Å². The van der Waals surface area contributed by atoms with E-state index < -0.39 is 10.0 Å².